The van der Waals surface area contributed by atoms with Crippen LogP contribution in [-0.4, -0.2) is 46.5 Å². The predicted octanol–water partition coefficient (Wildman–Crippen LogP) is 0.681. The minimum atomic E-state index is -1.10. The van der Waals surface area contributed by atoms with Crippen LogP contribution in [-0.2, 0) is 9.59 Å². The molecule has 2 aliphatic rings. The minimum absolute atomic E-state index is 0.228. The van der Waals surface area contributed by atoms with Gasteiger partial charge in [-0.05, 0) is 31.6 Å². The summed E-state index contributed by atoms with van der Waals surface area (Å²) in [6.45, 7) is 1.08. The number of nitrogens with one attached hydrogen (secondary N) is 1. The Morgan fingerprint density at radius 2 is 1.76 bits per heavy atom. The number of nitrogens with zero attached hydrogens (tertiary/aromatic N) is 1. The largest absolute Gasteiger partial charge is 0.480 e. The number of rotatable bonds is 4. The summed E-state index contributed by atoms with van der Waals surface area (Å²) in [7, 11) is 0. The summed E-state index contributed by atoms with van der Waals surface area (Å²) in [5.74, 6) is -1.03. The number of nitrogens with two attached hydrogens (primary N) is 1. The van der Waals surface area contributed by atoms with Gasteiger partial charge in [0.05, 0.1) is 0 Å². The number of carboxylic acids is 1. The van der Waals surface area contributed by atoms with Crippen LogP contribution in [0.15, 0.2) is 0 Å². The van der Waals surface area contributed by atoms with E-state index in [1.807, 2.05) is 0 Å². The molecule has 1 heterocycles. The molecule has 118 valence electrons. The first-order valence-corrected chi connectivity index (χ1v) is 7.52. The van der Waals surface area contributed by atoms with E-state index in [0.29, 0.717) is 32.4 Å². The molecule has 0 aromatic heterocycles. The first-order chi connectivity index (χ1) is 9.93. The molecular formula is C14H23N3O4. The van der Waals surface area contributed by atoms with Gasteiger partial charge in [0.15, 0.2) is 0 Å². The number of piperidine rings is 1. The van der Waals surface area contributed by atoms with Crippen molar-refractivity contribution in [3.05, 3.63) is 0 Å². The van der Waals surface area contributed by atoms with Crippen LogP contribution in [0.5, 0.6) is 0 Å². The monoisotopic (exact) mass is 297 g/mol. The van der Waals surface area contributed by atoms with Gasteiger partial charge in [-0.25, -0.2) is 9.59 Å². The third-order valence-corrected chi connectivity index (χ3v) is 4.60. The molecule has 0 aromatic rings. The maximum Gasteiger partial charge on any atom is 0.329 e. The number of likely N-dealkylation sites (tertiary alicyclic amines) is 1. The van der Waals surface area contributed by atoms with Crippen molar-refractivity contribution in [2.24, 2.45) is 11.7 Å². The van der Waals surface area contributed by atoms with E-state index in [4.69, 9.17) is 5.73 Å². The van der Waals surface area contributed by atoms with Crippen LogP contribution in [0.25, 0.3) is 0 Å². The summed E-state index contributed by atoms with van der Waals surface area (Å²) in [5, 5.41) is 12.1. The molecule has 21 heavy (non-hydrogen) atoms. The van der Waals surface area contributed by atoms with E-state index in [1.165, 1.54) is 0 Å². The highest BCUT2D eigenvalue weighted by Gasteiger charge is 2.43. The second-order valence-corrected chi connectivity index (χ2v) is 6.13. The molecule has 1 saturated carbocycles. The first-order valence-electron chi connectivity index (χ1n) is 7.52. The molecule has 1 aliphatic heterocycles. The Morgan fingerprint density at radius 3 is 2.24 bits per heavy atom. The number of carbonyl (C=O) groups excluding carboxylic acids is 2. The Balaban J connectivity index is 1.87. The molecule has 0 atom stereocenters. The van der Waals surface area contributed by atoms with E-state index in [2.05, 4.69) is 5.32 Å². The average molecular weight is 297 g/mol. The van der Waals surface area contributed by atoms with Crippen molar-refractivity contribution >= 4 is 17.9 Å². The van der Waals surface area contributed by atoms with Crippen molar-refractivity contribution in [3.63, 3.8) is 0 Å². The van der Waals surface area contributed by atoms with E-state index >= 15 is 0 Å². The van der Waals surface area contributed by atoms with Gasteiger partial charge in [0, 0.05) is 19.5 Å². The molecule has 4 N–H and O–H groups in total. The Labute approximate surface area is 123 Å². The van der Waals surface area contributed by atoms with Gasteiger partial charge in [0.2, 0.25) is 5.91 Å². The lowest BCUT2D eigenvalue weighted by Crippen LogP contribution is -2.57. The van der Waals surface area contributed by atoms with E-state index in [0.717, 1.165) is 25.7 Å². The fourth-order valence-electron chi connectivity index (χ4n) is 3.28. The molecule has 0 bridgehead atoms. The zero-order valence-electron chi connectivity index (χ0n) is 12.1. The molecule has 0 radical (unpaired) electrons. The predicted molar refractivity (Wildman–Crippen MR) is 75.5 cm³/mol. The number of primary amides is 1. The molecule has 7 heteroatoms. The number of carbonyl (C=O) groups is 3. The Hall–Kier alpha value is -1.79. The number of hydrogen-bond donors (Lipinski definition) is 3. The minimum Gasteiger partial charge on any atom is -0.480 e. The van der Waals surface area contributed by atoms with Gasteiger partial charge >= 0.3 is 12.0 Å². The summed E-state index contributed by atoms with van der Waals surface area (Å²) >= 11 is 0. The average Bonchev–Trinajstić information content (AvgIpc) is 2.88. The second-order valence-electron chi connectivity index (χ2n) is 6.13. The summed E-state index contributed by atoms with van der Waals surface area (Å²) in [6, 6.07) is -0.308. The molecule has 3 amide bonds. The summed E-state index contributed by atoms with van der Waals surface area (Å²) in [6.07, 6.45) is 4.46. The van der Waals surface area contributed by atoms with Gasteiger partial charge in [0.25, 0.3) is 0 Å². The fourth-order valence-corrected chi connectivity index (χ4v) is 3.28. The smallest absolute Gasteiger partial charge is 0.329 e. The Kier molecular flexibility index (Phi) is 4.69. The van der Waals surface area contributed by atoms with Crippen LogP contribution in [0.2, 0.25) is 0 Å². The zero-order valence-corrected chi connectivity index (χ0v) is 12.1. The molecule has 7 nitrogen and oxygen atoms in total. The van der Waals surface area contributed by atoms with Gasteiger partial charge < -0.3 is 21.1 Å². The van der Waals surface area contributed by atoms with Crippen LogP contribution in [0, 0.1) is 5.92 Å². The molecule has 2 fully saturated rings. The standard InChI is InChI=1S/C14H23N3O4/c15-11(18)9-10-3-7-17(8-4-10)13(21)16-14(12(19)20)5-1-2-6-14/h10H,1-9H2,(H2,15,18)(H,16,21)(H,19,20). The van der Waals surface area contributed by atoms with Crippen molar-refractivity contribution in [3.8, 4) is 0 Å². The van der Waals surface area contributed by atoms with E-state index in [-0.39, 0.29) is 17.9 Å². The zero-order chi connectivity index (χ0) is 15.5. The van der Waals surface area contributed by atoms with Gasteiger partial charge in [-0.2, -0.15) is 0 Å². The van der Waals surface area contributed by atoms with Crippen molar-refractivity contribution in [1.29, 1.82) is 0 Å². The normalized spacial score (nSPS) is 22.0. The lowest BCUT2D eigenvalue weighted by molar-refractivity contribution is -0.144. The van der Waals surface area contributed by atoms with Crippen molar-refractivity contribution in [2.75, 3.05) is 13.1 Å². The highest BCUT2D eigenvalue weighted by molar-refractivity contribution is 5.86. The third-order valence-electron chi connectivity index (χ3n) is 4.60. The SMILES string of the molecule is NC(=O)CC1CCN(C(=O)NC2(C(=O)O)CCCC2)CC1. The molecular weight excluding hydrogens is 274 g/mol. The first kappa shape index (κ1) is 15.6. The third kappa shape index (κ3) is 3.65. The van der Waals surface area contributed by atoms with Gasteiger partial charge in [-0.3, -0.25) is 4.79 Å². The number of amides is 3. The number of carboxylic acid groups (broad SMARTS) is 1. The second kappa shape index (κ2) is 6.32. The van der Waals surface area contributed by atoms with Crippen LogP contribution in [0.1, 0.15) is 44.9 Å². The topological polar surface area (TPSA) is 113 Å². The Bertz CT molecular complexity index is 424. The molecule has 0 spiro atoms. The summed E-state index contributed by atoms with van der Waals surface area (Å²) < 4.78 is 0. The summed E-state index contributed by atoms with van der Waals surface area (Å²) in [4.78, 5) is 36.2. The molecule has 0 aromatic carbocycles. The number of urea groups is 1. The lowest BCUT2D eigenvalue weighted by Gasteiger charge is -2.34. The maximum atomic E-state index is 12.3. The van der Waals surface area contributed by atoms with Gasteiger partial charge in [-0.15, -0.1) is 0 Å². The highest BCUT2D eigenvalue weighted by atomic mass is 16.4. The number of aliphatic carboxylic acids is 1. The fraction of sp³-hybridized carbons (Fsp3) is 0.786. The number of hydrogen-bond acceptors (Lipinski definition) is 3. The van der Waals surface area contributed by atoms with Gasteiger partial charge in [-0.1, -0.05) is 12.8 Å². The molecule has 1 aliphatic carbocycles. The van der Waals surface area contributed by atoms with E-state index < -0.39 is 11.5 Å². The van der Waals surface area contributed by atoms with Crippen LogP contribution >= 0.6 is 0 Å². The van der Waals surface area contributed by atoms with E-state index in [9.17, 15) is 19.5 Å². The lowest BCUT2D eigenvalue weighted by atomic mass is 9.93. The molecule has 1 saturated heterocycles. The molecule has 0 unspecified atom stereocenters. The van der Waals surface area contributed by atoms with Gasteiger partial charge in [0.1, 0.15) is 5.54 Å². The van der Waals surface area contributed by atoms with Crippen LogP contribution in [0.4, 0.5) is 4.79 Å². The van der Waals surface area contributed by atoms with Crippen molar-refractivity contribution in [1.82, 2.24) is 10.2 Å². The van der Waals surface area contributed by atoms with Crippen LogP contribution < -0.4 is 11.1 Å². The highest BCUT2D eigenvalue weighted by Crippen LogP contribution is 2.30. The van der Waals surface area contributed by atoms with Crippen molar-refractivity contribution < 1.29 is 19.5 Å². The Morgan fingerprint density at radius 1 is 1.19 bits per heavy atom. The maximum absolute atomic E-state index is 12.3. The quantitative estimate of drug-likeness (QED) is 0.708. The molecule has 2 rings (SSSR count). The van der Waals surface area contributed by atoms with E-state index in [1.54, 1.807) is 4.90 Å². The van der Waals surface area contributed by atoms with Crippen molar-refractivity contribution in [2.45, 2.75) is 50.5 Å². The summed E-state index contributed by atoms with van der Waals surface area (Å²) in [5.41, 5.74) is 4.08. The van der Waals surface area contributed by atoms with Crippen LogP contribution in [0.3, 0.4) is 0 Å².